The Morgan fingerprint density at radius 2 is 1.46 bits per heavy atom. The maximum absolute atomic E-state index is 13.0. The highest BCUT2D eigenvalue weighted by molar-refractivity contribution is 5.67. The lowest BCUT2D eigenvalue weighted by atomic mass is 10.0. The minimum atomic E-state index is -0.237. The Labute approximate surface area is 138 Å². The molecule has 1 aliphatic heterocycles. The minimum Gasteiger partial charge on any atom is -0.488 e. The van der Waals surface area contributed by atoms with Gasteiger partial charge in [-0.1, -0.05) is 36.4 Å². The van der Waals surface area contributed by atoms with E-state index in [0.29, 0.717) is 18.2 Å². The van der Waals surface area contributed by atoms with Gasteiger partial charge in [0.15, 0.2) is 11.6 Å². The molecule has 120 valence electrons. The first-order valence-electron chi connectivity index (χ1n) is 7.71. The van der Waals surface area contributed by atoms with E-state index >= 15 is 0 Å². The quantitative estimate of drug-likeness (QED) is 0.672. The number of nitrogens with zero attached hydrogens (tertiary/aromatic N) is 2. The molecule has 1 fully saturated rings. The summed E-state index contributed by atoms with van der Waals surface area (Å²) in [7, 11) is 0. The van der Waals surface area contributed by atoms with Gasteiger partial charge in [-0.2, -0.15) is 0 Å². The molecule has 1 aromatic heterocycles. The highest BCUT2D eigenvalue weighted by Gasteiger charge is 2.23. The topological polar surface area (TPSA) is 47.5 Å². The molecule has 0 saturated carbocycles. The minimum absolute atomic E-state index is 0.212. The predicted octanol–water partition coefficient (Wildman–Crippen LogP) is 3.73. The highest BCUT2D eigenvalue weighted by Crippen LogP contribution is 2.24. The Hall–Kier alpha value is -2.79. The summed E-state index contributed by atoms with van der Waals surface area (Å²) in [4.78, 5) is 8.67. The predicted molar refractivity (Wildman–Crippen MR) is 88.1 cm³/mol. The van der Waals surface area contributed by atoms with Crippen LogP contribution in [0.25, 0.3) is 22.5 Å². The third-order valence-electron chi connectivity index (χ3n) is 3.79. The second-order valence-corrected chi connectivity index (χ2v) is 5.59. The van der Waals surface area contributed by atoms with Gasteiger partial charge in [-0.3, -0.25) is 0 Å². The number of ether oxygens (including phenoxy) is 2. The SMILES string of the molecule is Fc1ccc(-c2ccc(-c3ncc(OCC4CO4)cn3)cc2)cc1. The average Bonchev–Trinajstić information content (AvgIpc) is 3.46. The molecule has 5 heteroatoms. The summed E-state index contributed by atoms with van der Waals surface area (Å²) in [6, 6.07) is 14.3. The van der Waals surface area contributed by atoms with E-state index in [-0.39, 0.29) is 11.9 Å². The zero-order valence-corrected chi connectivity index (χ0v) is 12.9. The Kier molecular flexibility index (Phi) is 3.92. The van der Waals surface area contributed by atoms with Gasteiger partial charge in [0.05, 0.1) is 19.0 Å². The maximum atomic E-state index is 13.0. The number of hydrogen-bond acceptors (Lipinski definition) is 4. The van der Waals surface area contributed by atoms with Crippen molar-refractivity contribution in [3.8, 4) is 28.3 Å². The second kappa shape index (κ2) is 6.37. The van der Waals surface area contributed by atoms with Gasteiger partial charge in [0.1, 0.15) is 18.5 Å². The van der Waals surface area contributed by atoms with E-state index in [1.165, 1.54) is 12.1 Å². The zero-order chi connectivity index (χ0) is 16.4. The van der Waals surface area contributed by atoms with E-state index in [4.69, 9.17) is 9.47 Å². The summed E-state index contributed by atoms with van der Waals surface area (Å²) >= 11 is 0. The van der Waals surface area contributed by atoms with Crippen molar-refractivity contribution in [2.45, 2.75) is 6.10 Å². The fourth-order valence-corrected chi connectivity index (χ4v) is 2.35. The van der Waals surface area contributed by atoms with Crippen molar-refractivity contribution in [2.24, 2.45) is 0 Å². The standard InChI is InChI=1S/C19H15FN2O2/c20-16-7-5-14(6-8-16)13-1-3-15(4-2-13)19-21-9-17(10-22-19)23-11-18-12-24-18/h1-10,18H,11-12H2. The lowest BCUT2D eigenvalue weighted by molar-refractivity contribution is 0.261. The molecule has 3 aromatic rings. The van der Waals surface area contributed by atoms with Crippen molar-refractivity contribution in [1.82, 2.24) is 9.97 Å². The van der Waals surface area contributed by atoms with Crippen LogP contribution < -0.4 is 4.74 Å². The first-order chi connectivity index (χ1) is 11.8. The van der Waals surface area contributed by atoms with Crippen LogP contribution in [0.4, 0.5) is 4.39 Å². The fraction of sp³-hybridized carbons (Fsp3) is 0.158. The van der Waals surface area contributed by atoms with Gasteiger partial charge < -0.3 is 9.47 Å². The molecule has 24 heavy (non-hydrogen) atoms. The molecular weight excluding hydrogens is 307 g/mol. The van der Waals surface area contributed by atoms with Crippen LogP contribution in [0.15, 0.2) is 60.9 Å². The van der Waals surface area contributed by atoms with Gasteiger partial charge in [0.25, 0.3) is 0 Å². The van der Waals surface area contributed by atoms with E-state index in [1.807, 2.05) is 24.3 Å². The second-order valence-electron chi connectivity index (χ2n) is 5.59. The molecule has 1 aliphatic rings. The van der Waals surface area contributed by atoms with Gasteiger partial charge in [-0.25, -0.2) is 14.4 Å². The van der Waals surface area contributed by atoms with E-state index < -0.39 is 0 Å². The molecule has 0 N–H and O–H groups in total. The van der Waals surface area contributed by atoms with Crippen LogP contribution >= 0.6 is 0 Å². The van der Waals surface area contributed by atoms with Crippen molar-refractivity contribution in [2.75, 3.05) is 13.2 Å². The summed E-state index contributed by atoms with van der Waals surface area (Å²) in [6.45, 7) is 1.30. The van der Waals surface area contributed by atoms with Crippen molar-refractivity contribution >= 4 is 0 Å². The number of aromatic nitrogens is 2. The number of epoxide rings is 1. The van der Waals surface area contributed by atoms with Crippen molar-refractivity contribution in [3.63, 3.8) is 0 Å². The smallest absolute Gasteiger partial charge is 0.159 e. The fourth-order valence-electron chi connectivity index (χ4n) is 2.35. The Balaban J connectivity index is 1.48. The molecular formula is C19H15FN2O2. The van der Waals surface area contributed by atoms with Crippen LogP contribution in [-0.4, -0.2) is 29.3 Å². The van der Waals surface area contributed by atoms with Crippen LogP contribution in [0.1, 0.15) is 0 Å². The summed E-state index contributed by atoms with van der Waals surface area (Å²) in [5, 5.41) is 0. The zero-order valence-electron chi connectivity index (χ0n) is 12.9. The third kappa shape index (κ3) is 3.41. The summed E-state index contributed by atoms with van der Waals surface area (Å²) in [5.41, 5.74) is 2.90. The first-order valence-corrected chi connectivity index (χ1v) is 7.71. The van der Waals surface area contributed by atoms with Crippen LogP contribution in [0.5, 0.6) is 5.75 Å². The first kappa shape index (κ1) is 14.8. The van der Waals surface area contributed by atoms with Gasteiger partial charge in [0.2, 0.25) is 0 Å². The molecule has 1 unspecified atom stereocenters. The molecule has 1 atom stereocenters. The Morgan fingerprint density at radius 3 is 2.04 bits per heavy atom. The lowest BCUT2D eigenvalue weighted by Crippen LogP contribution is -2.04. The average molecular weight is 322 g/mol. The molecule has 4 nitrogen and oxygen atoms in total. The molecule has 0 radical (unpaired) electrons. The summed E-state index contributed by atoms with van der Waals surface area (Å²) in [5.74, 6) is 1.03. The molecule has 4 rings (SSSR count). The van der Waals surface area contributed by atoms with Crippen LogP contribution in [0, 0.1) is 5.82 Å². The molecule has 2 heterocycles. The molecule has 0 bridgehead atoms. The van der Waals surface area contributed by atoms with Crippen molar-refractivity contribution in [3.05, 3.63) is 66.7 Å². The molecule has 0 aliphatic carbocycles. The number of rotatable bonds is 5. The monoisotopic (exact) mass is 322 g/mol. The highest BCUT2D eigenvalue weighted by atomic mass is 19.1. The number of hydrogen-bond donors (Lipinski definition) is 0. The van der Waals surface area contributed by atoms with Crippen molar-refractivity contribution < 1.29 is 13.9 Å². The van der Waals surface area contributed by atoms with E-state index in [2.05, 4.69) is 9.97 Å². The lowest BCUT2D eigenvalue weighted by Gasteiger charge is -2.06. The van der Waals surface area contributed by atoms with Crippen LogP contribution in [0.3, 0.4) is 0 Å². The number of halogens is 1. The molecule has 1 saturated heterocycles. The summed E-state index contributed by atoms with van der Waals surface area (Å²) in [6.07, 6.45) is 3.54. The van der Waals surface area contributed by atoms with Gasteiger partial charge in [0, 0.05) is 5.56 Å². The van der Waals surface area contributed by atoms with Gasteiger partial charge in [-0.05, 0) is 23.3 Å². The van der Waals surface area contributed by atoms with Crippen LogP contribution in [0.2, 0.25) is 0 Å². The van der Waals surface area contributed by atoms with Gasteiger partial charge >= 0.3 is 0 Å². The van der Waals surface area contributed by atoms with E-state index in [1.54, 1.807) is 24.5 Å². The Morgan fingerprint density at radius 1 is 0.917 bits per heavy atom. The summed E-state index contributed by atoms with van der Waals surface area (Å²) < 4.78 is 23.6. The van der Waals surface area contributed by atoms with Crippen LogP contribution in [-0.2, 0) is 4.74 Å². The van der Waals surface area contributed by atoms with E-state index in [0.717, 1.165) is 23.3 Å². The van der Waals surface area contributed by atoms with E-state index in [9.17, 15) is 4.39 Å². The molecule has 2 aromatic carbocycles. The third-order valence-corrected chi connectivity index (χ3v) is 3.79. The Bertz CT molecular complexity index is 813. The maximum Gasteiger partial charge on any atom is 0.159 e. The van der Waals surface area contributed by atoms with Gasteiger partial charge in [-0.15, -0.1) is 0 Å². The number of benzene rings is 2. The normalized spacial score (nSPS) is 16.0. The molecule has 0 amide bonds. The largest absolute Gasteiger partial charge is 0.488 e. The van der Waals surface area contributed by atoms with Crippen molar-refractivity contribution in [1.29, 1.82) is 0 Å². The molecule has 0 spiro atoms.